The van der Waals surface area contributed by atoms with Crippen LogP contribution in [0.5, 0.6) is 0 Å². The normalized spacial score (nSPS) is 12.3. The molecule has 0 fully saturated rings. The fourth-order valence-electron chi connectivity index (χ4n) is 0.652. The number of carbonyl (C=O) groups excluding carboxylic acids is 1. The second-order valence-electron chi connectivity index (χ2n) is 2.17. The highest BCUT2D eigenvalue weighted by atomic mass is 16.4. The molecular weight excluding hydrogens is 150 g/mol. The van der Waals surface area contributed by atoms with E-state index in [0.29, 0.717) is 0 Å². The second kappa shape index (κ2) is 3.92. The summed E-state index contributed by atoms with van der Waals surface area (Å²) in [5.41, 5.74) is 0. The molecule has 64 valence electrons. The molecule has 0 rings (SSSR count). The van der Waals surface area contributed by atoms with Crippen molar-refractivity contribution in [1.29, 1.82) is 0 Å². The number of hydrogen-bond donors (Lipinski definition) is 2. The Morgan fingerprint density at radius 2 is 2.00 bits per heavy atom. The van der Waals surface area contributed by atoms with Crippen LogP contribution in [0.15, 0.2) is 0 Å². The van der Waals surface area contributed by atoms with Gasteiger partial charge in [0.2, 0.25) is 5.91 Å². The summed E-state index contributed by atoms with van der Waals surface area (Å²) in [7, 11) is 0. The van der Waals surface area contributed by atoms with E-state index in [1.54, 1.807) is 0 Å². The van der Waals surface area contributed by atoms with E-state index in [1.807, 2.05) is 0 Å². The maximum atomic E-state index is 10.6. The number of aliphatic hydroxyl groups excluding tert-OH is 1. The molecule has 0 saturated heterocycles. The summed E-state index contributed by atoms with van der Waals surface area (Å²) in [4.78, 5) is 21.6. The zero-order chi connectivity index (χ0) is 9.02. The highest BCUT2D eigenvalue weighted by Crippen LogP contribution is 1.94. The summed E-state index contributed by atoms with van der Waals surface area (Å²) in [6.07, 6.45) is -1.05. The number of aliphatic carboxylic acids is 1. The third kappa shape index (κ3) is 3.57. The lowest BCUT2D eigenvalue weighted by atomic mass is 10.4. The van der Waals surface area contributed by atoms with Gasteiger partial charge in [0.25, 0.3) is 0 Å². The van der Waals surface area contributed by atoms with Gasteiger partial charge in [0.05, 0.1) is 0 Å². The fraction of sp³-hybridized carbons (Fsp3) is 0.667. The van der Waals surface area contributed by atoms with Crippen LogP contribution in [0.4, 0.5) is 0 Å². The molecule has 0 bridgehead atoms. The number of nitrogens with zero attached hydrogens (tertiary/aromatic N) is 1. The maximum absolute atomic E-state index is 10.6. The van der Waals surface area contributed by atoms with Crippen LogP contribution in [-0.4, -0.2) is 39.8 Å². The van der Waals surface area contributed by atoms with Crippen LogP contribution in [0.25, 0.3) is 0 Å². The average molecular weight is 161 g/mol. The van der Waals surface area contributed by atoms with E-state index in [4.69, 9.17) is 10.2 Å². The molecule has 1 unspecified atom stereocenters. The van der Waals surface area contributed by atoms with E-state index in [-0.39, 0.29) is 0 Å². The van der Waals surface area contributed by atoms with E-state index in [9.17, 15) is 9.59 Å². The zero-order valence-electron chi connectivity index (χ0n) is 6.44. The fourth-order valence-corrected chi connectivity index (χ4v) is 0.652. The molecule has 0 saturated carbocycles. The Morgan fingerprint density at radius 3 is 2.09 bits per heavy atom. The number of carboxylic acid groups (broad SMARTS) is 1. The number of carboxylic acids is 1. The summed E-state index contributed by atoms with van der Waals surface area (Å²) in [5.74, 6) is -1.59. The zero-order valence-corrected chi connectivity index (χ0v) is 6.44. The molecule has 0 spiro atoms. The van der Waals surface area contributed by atoms with E-state index < -0.39 is 24.6 Å². The molecule has 0 aromatic rings. The minimum Gasteiger partial charge on any atom is -0.480 e. The Morgan fingerprint density at radius 1 is 1.55 bits per heavy atom. The summed E-state index contributed by atoms with van der Waals surface area (Å²) >= 11 is 0. The Balaban J connectivity index is 4.12. The molecule has 11 heavy (non-hydrogen) atoms. The van der Waals surface area contributed by atoms with Crippen molar-refractivity contribution in [3.63, 3.8) is 0 Å². The quantitative estimate of drug-likeness (QED) is 0.534. The molecule has 1 atom stereocenters. The highest BCUT2D eigenvalue weighted by molar-refractivity contribution is 5.79. The van der Waals surface area contributed by atoms with Crippen molar-refractivity contribution in [3.05, 3.63) is 0 Å². The van der Waals surface area contributed by atoms with Crippen molar-refractivity contribution in [2.45, 2.75) is 20.1 Å². The van der Waals surface area contributed by atoms with Gasteiger partial charge in [0, 0.05) is 6.92 Å². The predicted molar refractivity (Wildman–Crippen MR) is 36.7 cm³/mol. The first-order valence-corrected chi connectivity index (χ1v) is 3.12. The van der Waals surface area contributed by atoms with E-state index in [1.165, 1.54) is 13.8 Å². The van der Waals surface area contributed by atoms with Gasteiger partial charge >= 0.3 is 5.97 Å². The van der Waals surface area contributed by atoms with Crippen LogP contribution in [0, 0.1) is 0 Å². The van der Waals surface area contributed by atoms with Crippen LogP contribution in [-0.2, 0) is 9.59 Å². The molecule has 0 heterocycles. The van der Waals surface area contributed by atoms with Crippen LogP contribution >= 0.6 is 0 Å². The first-order valence-electron chi connectivity index (χ1n) is 3.12. The summed E-state index contributed by atoms with van der Waals surface area (Å²) in [6.45, 7) is 2.08. The number of rotatable bonds is 3. The lowest BCUT2D eigenvalue weighted by Gasteiger charge is -2.21. The predicted octanol–water partition coefficient (Wildman–Crippen LogP) is -0.742. The number of aliphatic hydroxyl groups is 1. The summed E-state index contributed by atoms with van der Waals surface area (Å²) in [6, 6.07) is 0. The average Bonchev–Trinajstić information content (AvgIpc) is 1.81. The van der Waals surface area contributed by atoms with Gasteiger partial charge in [-0.25, -0.2) is 0 Å². The molecule has 5 heteroatoms. The third-order valence-corrected chi connectivity index (χ3v) is 1.16. The summed E-state index contributed by atoms with van der Waals surface area (Å²) in [5, 5.41) is 17.1. The van der Waals surface area contributed by atoms with Crippen LogP contribution in [0.2, 0.25) is 0 Å². The molecule has 2 N–H and O–H groups in total. The van der Waals surface area contributed by atoms with Crippen molar-refractivity contribution in [3.8, 4) is 0 Å². The smallest absolute Gasteiger partial charge is 0.323 e. The van der Waals surface area contributed by atoms with E-state index in [2.05, 4.69) is 0 Å². The minimum absolute atomic E-state index is 0.456. The minimum atomic E-state index is -1.14. The topological polar surface area (TPSA) is 77.8 Å². The summed E-state index contributed by atoms with van der Waals surface area (Å²) < 4.78 is 0. The first-order chi connectivity index (χ1) is 4.95. The standard InChI is InChI=1S/C6H11NO4/c1-4(8)7(5(2)9)3-6(10)11/h4,8H,3H2,1-2H3,(H,10,11). The van der Waals surface area contributed by atoms with Gasteiger partial charge in [-0.1, -0.05) is 0 Å². The number of hydrogen-bond acceptors (Lipinski definition) is 3. The van der Waals surface area contributed by atoms with Crippen molar-refractivity contribution >= 4 is 11.9 Å². The van der Waals surface area contributed by atoms with Gasteiger partial charge in [0.1, 0.15) is 12.8 Å². The van der Waals surface area contributed by atoms with Gasteiger partial charge in [-0.3, -0.25) is 9.59 Å². The molecule has 0 aliphatic carbocycles. The van der Waals surface area contributed by atoms with Gasteiger partial charge in [-0.05, 0) is 6.92 Å². The van der Waals surface area contributed by atoms with Crippen LogP contribution in [0.1, 0.15) is 13.8 Å². The Bertz CT molecular complexity index is 166. The molecule has 1 amide bonds. The molecule has 0 aromatic carbocycles. The number of amides is 1. The molecule has 0 radical (unpaired) electrons. The molecule has 0 aromatic heterocycles. The van der Waals surface area contributed by atoms with Crippen molar-refractivity contribution in [1.82, 2.24) is 4.90 Å². The lowest BCUT2D eigenvalue weighted by molar-refractivity contribution is -0.150. The highest BCUT2D eigenvalue weighted by Gasteiger charge is 2.16. The first kappa shape index (κ1) is 9.90. The van der Waals surface area contributed by atoms with Crippen LogP contribution in [0.3, 0.4) is 0 Å². The molecular formula is C6H11NO4. The second-order valence-corrected chi connectivity index (χ2v) is 2.17. The van der Waals surface area contributed by atoms with Gasteiger partial charge in [0.15, 0.2) is 0 Å². The van der Waals surface area contributed by atoms with Crippen molar-refractivity contribution in [2.75, 3.05) is 6.54 Å². The maximum Gasteiger partial charge on any atom is 0.323 e. The Labute approximate surface area is 64.2 Å². The monoisotopic (exact) mass is 161 g/mol. The number of carbonyl (C=O) groups is 2. The third-order valence-electron chi connectivity index (χ3n) is 1.16. The Kier molecular flexibility index (Phi) is 3.53. The largest absolute Gasteiger partial charge is 0.480 e. The molecule has 0 aliphatic heterocycles. The van der Waals surface area contributed by atoms with Gasteiger partial charge in [-0.2, -0.15) is 0 Å². The van der Waals surface area contributed by atoms with Gasteiger partial charge < -0.3 is 15.1 Å². The van der Waals surface area contributed by atoms with E-state index >= 15 is 0 Å². The molecule has 0 aliphatic rings. The van der Waals surface area contributed by atoms with Crippen molar-refractivity contribution < 1.29 is 19.8 Å². The lowest BCUT2D eigenvalue weighted by Crippen LogP contribution is -2.40. The SMILES string of the molecule is CC(=O)N(CC(=O)O)C(C)O. The molecule has 5 nitrogen and oxygen atoms in total. The Hall–Kier alpha value is -1.10. The van der Waals surface area contributed by atoms with Crippen LogP contribution < -0.4 is 0 Å². The van der Waals surface area contributed by atoms with E-state index in [0.717, 1.165) is 4.90 Å². The van der Waals surface area contributed by atoms with Gasteiger partial charge in [-0.15, -0.1) is 0 Å². The van der Waals surface area contributed by atoms with Crippen molar-refractivity contribution in [2.24, 2.45) is 0 Å².